The van der Waals surface area contributed by atoms with Gasteiger partial charge in [0.15, 0.2) is 0 Å². The first kappa shape index (κ1) is 38.8. The molecule has 0 aliphatic carbocycles. The van der Waals surface area contributed by atoms with Crippen LogP contribution in [0, 0.1) is 5.92 Å². The molecular formula is C42H50F3N9O3. The molecule has 6 heterocycles. The van der Waals surface area contributed by atoms with E-state index in [0.29, 0.717) is 48.9 Å². The fourth-order valence-corrected chi connectivity index (χ4v) is 9.32. The van der Waals surface area contributed by atoms with Gasteiger partial charge in [-0.2, -0.15) is 13.2 Å². The Balaban J connectivity index is 0.820. The number of halogens is 3. The molecule has 302 valence electrons. The van der Waals surface area contributed by atoms with Crippen molar-refractivity contribution in [2.45, 2.75) is 63.3 Å². The number of hydrogen-bond acceptors (Lipinski definition) is 9. The van der Waals surface area contributed by atoms with Crippen molar-refractivity contribution in [3.63, 3.8) is 0 Å². The number of aromatic amines is 1. The Kier molecular flexibility index (Phi) is 11.2. The third-order valence-electron chi connectivity index (χ3n) is 12.4. The average Bonchev–Trinajstić information content (AvgIpc) is 3.76. The third-order valence-corrected chi connectivity index (χ3v) is 12.4. The number of piperidine rings is 1. The molecule has 2 saturated heterocycles. The Labute approximate surface area is 330 Å². The molecule has 4 aliphatic heterocycles. The van der Waals surface area contributed by atoms with E-state index in [-0.39, 0.29) is 18.2 Å². The smallest absolute Gasteiger partial charge is 0.369 e. The number of aromatic nitrogens is 3. The van der Waals surface area contributed by atoms with Crippen molar-refractivity contribution in [2.24, 2.45) is 5.92 Å². The van der Waals surface area contributed by atoms with Crippen LogP contribution >= 0.6 is 0 Å². The number of para-hydroxylation sites is 1. The summed E-state index contributed by atoms with van der Waals surface area (Å²) in [7, 11) is 1.54. The summed E-state index contributed by atoms with van der Waals surface area (Å²) in [5, 5.41) is 3.69. The molecule has 0 saturated carbocycles. The molecule has 57 heavy (non-hydrogen) atoms. The number of alkyl halides is 3. The van der Waals surface area contributed by atoms with Gasteiger partial charge in [0.25, 0.3) is 5.91 Å². The van der Waals surface area contributed by atoms with E-state index in [9.17, 15) is 27.6 Å². The lowest BCUT2D eigenvalue weighted by Gasteiger charge is -2.38. The largest absolute Gasteiger partial charge is 0.401 e. The Bertz CT molecular complexity index is 2070. The second-order valence-corrected chi connectivity index (χ2v) is 15.8. The van der Waals surface area contributed by atoms with E-state index < -0.39 is 24.8 Å². The van der Waals surface area contributed by atoms with Gasteiger partial charge in [-0.25, -0.2) is 9.97 Å². The molecule has 2 aromatic carbocycles. The lowest BCUT2D eigenvalue weighted by atomic mass is 9.93. The second kappa shape index (κ2) is 16.5. The summed E-state index contributed by atoms with van der Waals surface area (Å²) in [6.45, 7) is 6.05. The van der Waals surface area contributed by atoms with Crippen LogP contribution in [-0.2, 0) is 22.6 Å². The van der Waals surface area contributed by atoms with Crippen LogP contribution < -0.4 is 15.1 Å². The highest BCUT2D eigenvalue weighted by atomic mass is 19.4. The van der Waals surface area contributed by atoms with Crippen LogP contribution in [0.15, 0.2) is 54.9 Å². The number of rotatable bonds is 12. The van der Waals surface area contributed by atoms with Crippen molar-refractivity contribution in [3.05, 3.63) is 82.8 Å². The molecule has 0 radical (unpaired) electrons. The molecule has 2 unspecified atom stereocenters. The van der Waals surface area contributed by atoms with E-state index in [0.717, 1.165) is 105 Å². The zero-order chi connectivity index (χ0) is 39.7. The van der Waals surface area contributed by atoms with Crippen LogP contribution in [0.1, 0.15) is 70.9 Å². The van der Waals surface area contributed by atoms with Crippen LogP contribution in [0.3, 0.4) is 0 Å². The number of aldehydes is 1. The van der Waals surface area contributed by atoms with Gasteiger partial charge in [0.05, 0.1) is 12.6 Å². The topological polar surface area (TPSA) is 121 Å². The maximum Gasteiger partial charge on any atom is 0.401 e. The van der Waals surface area contributed by atoms with Gasteiger partial charge in [-0.1, -0.05) is 18.2 Å². The molecule has 12 nitrogen and oxygen atoms in total. The number of hydrogen-bond donors (Lipinski definition) is 2. The third kappa shape index (κ3) is 8.22. The number of amides is 2. The van der Waals surface area contributed by atoms with Crippen LogP contribution in [-0.4, -0.2) is 126 Å². The van der Waals surface area contributed by atoms with Crippen LogP contribution in [0.4, 0.5) is 24.8 Å². The van der Waals surface area contributed by atoms with Gasteiger partial charge in [-0.05, 0) is 80.0 Å². The molecule has 2 amide bonds. The van der Waals surface area contributed by atoms with E-state index in [4.69, 9.17) is 9.97 Å². The Morgan fingerprint density at radius 2 is 1.75 bits per heavy atom. The van der Waals surface area contributed by atoms with E-state index in [1.165, 1.54) is 4.90 Å². The summed E-state index contributed by atoms with van der Waals surface area (Å²) >= 11 is 0. The highest BCUT2D eigenvalue weighted by molar-refractivity contribution is 6.01. The quantitative estimate of drug-likeness (QED) is 0.193. The number of nitrogens with one attached hydrogen (secondary N) is 2. The van der Waals surface area contributed by atoms with Crippen LogP contribution in [0.2, 0.25) is 0 Å². The lowest BCUT2D eigenvalue weighted by Crippen LogP contribution is -2.47. The first-order valence-corrected chi connectivity index (χ1v) is 20.1. The number of nitrogens with zero attached hydrogens (tertiary/aromatic N) is 7. The lowest BCUT2D eigenvalue weighted by molar-refractivity contribution is -0.150. The summed E-state index contributed by atoms with van der Waals surface area (Å²) in [6, 6.07) is 12.5. The predicted molar refractivity (Wildman–Crippen MR) is 211 cm³/mol. The molecule has 8 rings (SSSR count). The first-order valence-electron chi connectivity index (χ1n) is 20.1. The Hall–Kier alpha value is -5.02. The summed E-state index contributed by atoms with van der Waals surface area (Å²) in [5.41, 5.74) is 6.04. The van der Waals surface area contributed by atoms with E-state index in [2.05, 4.69) is 31.1 Å². The number of likely N-dealkylation sites (N-methyl/N-ethyl adjacent to an activating group) is 1. The second-order valence-electron chi connectivity index (χ2n) is 15.8. The highest BCUT2D eigenvalue weighted by Gasteiger charge is 2.40. The minimum Gasteiger partial charge on any atom is -0.369 e. The minimum absolute atomic E-state index is 0.170. The molecule has 2 atom stereocenters. The average molecular weight is 786 g/mol. The predicted octanol–water partition coefficient (Wildman–Crippen LogP) is 4.95. The van der Waals surface area contributed by atoms with Crippen molar-refractivity contribution in [3.8, 4) is 0 Å². The van der Waals surface area contributed by atoms with Crippen molar-refractivity contribution in [1.29, 1.82) is 0 Å². The molecule has 0 bridgehead atoms. The maximum atomic E-state index is 13.7. The van der Waals surface area contributed by atoms with Gasteiger partial charge in [0, 0.05) is 112 Å². The Morgan fingerprint density at radius 3 is 2.47 bits per heavy atom. The molecule has 4 aliphatic rings. The van der Waals surface area contributed by atoms with E-state index >= 15 is 0 Å². The summed E-state index contributed by atoms with van der Waals surface area (Å²) in [4.78, 5) is 59.7. The van der Waals surface area contributed by atoms with Crippen molar-refractivity contribution < 1.29 is 27.6 Å². The zero-order valence-electron chi connectivity index (χ0n) is 32.3. The minimum atomic E-state index is -4.32. The molecule has 15 heteroatoms. The number of anilines is 2. The van der Waals surface area contributed by atoms with E-state index in [1.807, 2.05) is 36.4 Å². The number of piperazine rings is 1. The molecule has 2 N–H and O–H groups in total. The molecule has 2 aromatic heterocycles. The standard InChI is InChI=1S/C42H50F3N9O3/c1-46-39(56)36(7-4-22-55)54-26-29-23-31(8-9-32(29)40(54)57)51-20-18-50(19-21-51)14-10-28-11-15-52(16-12-28)41-47-24-30(25-48-41)38-37-34(13-17-53(38)27-42(43,44)45)33-5-2-3-6-35(33)49-37/h2-3,5-6,8-9,22-25,28,36,38,49H,4,7,10-21,26-27H2,1H3,(H,46,56). The monoisotopic (exact) mass is 785 g/mol. The molecule has 2 fully saturated rings. The number of benzene rings is 2. The number of carbonyl (C=O) groups is 3. The number of carbonyl (C=O) groups excluding carboxylic acids is 3. The maximum absolute atomic E-state index is 13.7. The van der Waals surface area contributed by atoms with Gasteiger partial charge in [-0.3, -0.25) is 19.4 Å². The van der Waals surface area contributed by atoms with Crippen LogP contribution in [0.5, 0.6) is 0 Å². The van der Waals surface area contributed by atoms with Gasteiger partial charge >= 0.3 is 6.18 Å². The van der Waals surface area contributed by atoms with Gasteiger partial charge in [-0.15, -0.1) is 0 Å². The Morgan fingerprint density at radius 1 is 1.00 bits per heavy atom. The number of H-pyrrole nitrogens is 1. The number of fused-ring (bicyclic) bond motifs is 4. The first-order chi connectivity index (χ1) is 27.6. The zero-order valence-corrected chi connectivity index (χ0v) is 32.3. The summed E-state index contributed by atoms with van der Waals surface area (Å²) < 4.78 is 41.1. The SMILES string of the molecule is CNC(=O)C(CCC=O)N1Cc2cc(N3CCN(CCC4CCN(c5ncc(C6c7[nH]c8ccccc8c7CCN6CC(F)(F)F)cn5)CC4)CC3)ccc2C1=O. The normalized spacial score (nSPS) is 20.2. The highest BCUT2D eigenvalue weighted by Crippen LogP contribution is 2.40. The van der Waals surface area contributed by atoms with E-state index in [1.54, 1.807) is 24.3 Å². The van der Waals surface area contributed by atoms with Crippen LogP contribution in [0.25, 0.3) is 10.9 Å². The van der Waals surface area contributed by atoms with Crippen molar-refractivity contribution in [1.82, 2.24) is 35.0 Å². The van der Waals surface area contributed by atoms with Gasteiger partial charge in [0.2, 0.25) is 11.9 Å². The molecule has 4 aromatic rings. The molecule has 0 spiro atoms. The van der Waals surface area contributed by atoms with Gasteiger partial charge in [0.1, 0.15) is 12.3 Å². The fourth-order valence-electron chi connectivity index (χ4n) is 9.32. The summed E-state index contributed by atoms with van der Waals surface area (Å²) in [6.07, 6.45) is 4.12. The van der Waals surface area contributed by atoms with Gasteiger partial charge < -0.3 is 29.8 Å². The molecular weight excluding hydrogens is 736 g/mol. The van der Waals surface area contributed by atoms with Crippen molar-refractivity contribution >= 4 is 40.6 Å². The fraction of sp³-hybridized carbons (Fsp3) is 0.500. The summed E-state index contributed by atoms with van der Waals surface area (Å²) in [5.74, 6) is 0.787. The van der Waals surface area contributed by atoms with Crippen molar-refractivity contribution in [2.75, 3.05) is 75.8 Å².